The van der Waals surface area contributed by atoms with Gasteiger partial charge in [-0.05, 0) is 18.6 Å². The van der Waals surface area contributed by atoms with Crippen molar-refractivity contribution in [3.8, 4) is 0 Å². The molecule has 1 N–H and O–H groups in total. The Morgan fingerprint density at radius 1 is 1.39 bits per heavy atom. The zero-order chi connectivity index (χ0) is 16.0. The standard InChI is InChI=1S/C16H16FN5O/c1-2-5-22-7-11-14(18-8-19-15(11)21-22)13-10-6-9(17)3-4-12(10)20-16(13)23/h3-4,6-8,10,12-13H,2,5H2,1H3,(H,20,23). The third-order valence-corrected chi connectivity index (χ3v) is 4.35. The number of fused-ring (bicyclic) bond motifs is 2. The van der Waals surface area contributed by atoms with Gasteiger partial charge in [-0.15, -0.1) is 0 Å². The molecule has 0 aromatic carbocycles. The number of nitrogens with one attached hydrogen (secondary N) is 1. The van der Waals surface area contributed by atoms with Gasteiger partial charge in [-0.1, -0.05) is 13.0 Å². The molecule has 1 aliphatic heterocycles. The van der Waals surface area contributed by atoms with Gasteiger partial charge in [0.15, 0.2) is 5.65 Å². The number of nitrogens with zero attached hydrogens (tertiary/aromatic N) is 4. The summed E-state index contributed by atoms with van der Waals surface area (Å²) in [4.78, 5) is 20.9. The van der Waals surface area contributed by atoms with Crippen LogP contribution in [0, 0.1) is 5.92 Å². The molecule has 1 amide bonds. The van der Waals surface area contributed by atoms with Crippen LogP contribution in [0.1, 0.15) is 25.0 Å². The normalized spacial score (nSPS) is 26.3. The van der Waals surface area contributed by atoms with Crippen molar-refractivity contribution in [1.29, 1.82) is 0 Å². The SMILES string of the molecule is CCCn1cc2c(C3C(=O)NC4C=CC(F)=CC43)ncnc2n1. The monoisotopic (exact) mass is 313 g/mol. The van der Waals surface area contributed by atoms with Crippen LogP contribution in [-0.2, 0) is 11.3 Å². The van der Waals surface area contributed by atoms with Crippen molar-refractivity contribution in [3.05, 3.63) is 42.3 Å². The Labute approximate surface area is 132 Å². The summed E-state index contributed by atoms with van der Waals surface area (Å²) in [6.45, 7) is 2.84. The molecule has 3 atom stereocenters. The van der Waals surface area contributed by atoms with E-state index < -0.39 is 5.92 Å². The second kappa shape index (κ2) is 5.26. The maximum atomic E-state index is 13.6. The van der Waals surface area contributed by atoms with Gasteiger partial charge in [-0.25, -0.2) is 14.4 Å². The number of amides is 1. The Morgan fingerprint density at radius 2 is 2.26 bits per heavy atom. The molecule has 2 aromatic heterocycles. The molecule has 0 spiro atoms. The fourth-order valence-corrected chi connectivity index (χ4v) is 3.34. The lowest BCUT2D eigenvalue weighted by molar-refractivity contribution is -0.120. The number of rotatable bonds is 3. The summed E-state index contributed by atoms with van der Waals surface area (Å²) in [5, 5.41) is 8.06. The van der Waals surface area contributed by atoms with E-state index in [0.717, 1.165) is 18.4 Å². The molecule has 6 nitrogen and oxygen atoms in total. The predicted molar refractivity (Wildman–Crippen MR) is 82.1 cm³/mol. The highest BCUT2D eigenvalue weighted by Gasteiger charge is 2.44. The summed E-state index contributed by atoms with van der Waals surface area (Å²) in [5.74, 6) is -1.26. The van der Waals surface area contributed by atoms with Gasteiger partial charge in [-0.2, -0.15) is 5.10 Å². The Kier molecular flexibility index (Phi) is 3.21. The van der Waals surface area contributed by atoms with Gasteiger partial charge in [-0.3, -0.25) is 9.48 Å². The molecular weight excluding hydrogens is 297 g/mol. The highest BCUT2D eigenvalue weighted by molar-refractivity contribution is 5.92. The van der Waals surface area contributed by atoms with Gasteiger partial charge < -0.3 is 5.32 Å². The molecule has 3 heterocycles. The molecule has 118 valence electrons. The van der Waals surface area contributed by atoms with Crippen LogP contribution in [0.2, 0.25) is 0 Å². The first-order chi connectivity index (χ1) is 11.2. The summed E-state index contributed by atoms with van der Waals surface area (Å²) in [7, 11) is 0. The second-order valence-electron chi connectivity index (χ2n) is 5.89. The Hall–Kier alpha value is -2.57. The molecule has 0 saturated carbocycles. The zero-order valence-corrected chi connectivity index (χ0v) is 12.6. The first-order valence-corrected chi connectivity index (χ1v) is 7.71. The first kappa shape index (κ1) is 14.0. The van der Waals surface area contributed by atoms with Crippen molar-refractivity contribution < 1.29 is 9.18 Å². The third kappa shape index (κ3) is 2.23. The molecule has 2 aromatic rings. The lowest BCUT2D eigenvalue weighted by Gasteiger charge is -2.19. The van der Waals surface area contributed by atoms with Gasteiger partial charge in [0.25, 0.3) is 0 Å². The number of carbonyl (C=O) groups is 1. The molecule has 1 aliphatic carbocycles. The van der Waals surface area contributed by atoms with Crippen LogP contribution in [0.3, 0.4) is 0 Å². The lowest BCUT2D eigenvalue weighted by atomic mass is 9.84. The predicted octanol–water partition coefficient (Wildman–Crippen LogP) is 1.86. The first-order valence-electron chi connectivity index (χ1n) is 7.71. The van der Waals surface area contributed by atoms with Gasteiger partial charge in [0.2, 0.25) is 5.91 Å². The molecule has 1 saturated heterocycles. The quantitative estimate of drug-likeness (QED) is 0.939. The number of hydrogen-bond acceptors (Lipinski definition) is 4. The Bertz CT molecular complexity index is 840. The fraction of sp³-hybridized carbons (Fsp3) is 0.375. The summed E-state index contributed by atoms with van der Waals surface area (Å²) < 4.78 is 15.5. The van der Waals surface area contributed by atoms with Crippen LogP contribution in [0.5, 0.6) is 0 Å². The number of allylic oxidation sites excluding steroid dienone is 2. The number of halogens is 1. The van der Waals surface area contributed by atoms with Crippen LogP contribution < -0.4 is 5.32 Å². The van der Waals surface area contributed by atoms with E-state index in [0.29, 0.717) is 11.3 Å². The molecule has 0 radical (unpaired) electrons. The van der Waals surface area contributed by atoms with E-state index in [1.165, 1.54) is 18.5 Å². The van der Waals surface area contributed by atoms with Gasteiger partial charge in [0.05, 0.1) is 23.0 Å². The van der Waals surface area contributed by atoms with E-state index in [-0.39, 0.29) is 23.7 Å². The molecule has 4 rings (SSSR count). The maximum absolute atomic E-state index is 13.6. The number of hydrogen-bond donors (Lipinski definition) is 1. The lowest BCUT2D eigenvalue weighted by Crippen LogP contribution is -2.27. The number of carbonyl (C=O) groups excluding carboxylic acids is 1. The molecule has 1 fully saturated rings. The van der Waals surface area contributed by atoms with Crippen molar-refractivity contribution in [3.63, 3.8) is 0 Å². The van der Waals surface area contributed by atoms with Crippen LogP contribution >= 0.6 is 0 Å². The zero-order valence-electron chi connectivity index (χ0n) is 12.6. The topological polar surface area (TPSA) is 72.7 Å². The molecule has 3 unspecified atom stereocenters. The minimum absolute atomic E-state index is 0.140. The average Bonchev–Trinajstić information content (AvgIpc) is 3.07. The largest absolute Gasteiger partial charge is 0.349 e. The third-order valence-electron chi connectivity index (χ3n) is 4.35. The van der Waals surface area contributed by atoms with E-state index >= 15 is 0 Å². The van der Waals surface area contributed by atoms with Crippen molar-refractivity contribution >= 4 is 16.9 Å². The number of aromatic nitrogens is 4. The second-order valence-corrected chi connectivity index (χ2v) is 5.89. The molecule has 2 aliphatic rings. The molecule has 0 bridgehead atoms. The van der Waals surface area contributed by atoms with E-state index in [1.807, 2.05) is 10.9 Å². The molecule has 23 heavy (non-hydrogen) atoms. The molecule has 7 heteroatoms. The van der Waals surface area contributed by atoms with Crippen molar-refractivity contribution in [2.45, 2.75) is 31.8 Å². The van der Waals surface area contributed by atoms with E-state index in [2.05, 4.69) is 27.3 Å². The summed E-state index contributed by atoms with van der Waals surface area (Å²) in [6, 6.07) is -0.192. The molecular formula is C16H16FN5O. The van der Waals surface area contributed by atoms with Crippen molar-refractivity contribution in [1.82, 2.24) is 25.1 Å². The highest BCUT2D eigenvalue weighted by Crippen LogP contribution is 2.38. The number of aryl methyl sites for hydroxylation is 1. The Morgan fingerprint density at radius 3 is 3.09 bits per heavy atom. The smallest absolute Gasteiger partial charge is 0.230 e. The highest BCUT2D eigenvalue weighted by atomic mass is 19.1. The van der Waals surface area contributed by atoms with E-state index in [9.17, 15) is 9.18 Å². The summed E-state index contributed by atoms with van der Waals surface area (Å²) in [6.07, 6.45) is 8.81. The van der Waals surface area contributed by atoms with Gasteiger partial charge in [0, 0.05) is 18.7 Å². The average molecular weight is 313 g/mol. The summed E-state index contributed by atoms with van der Waals surface area (Å²) in [5.41, 5.74) is 1.18. The van der Waals surface area contributed by atoms with Gasteiger partial charge >= 0.3 is 0 Å². The van der Waals surface area contributed by atoms with E-state index in [1.54, 1.807) is 6.08 Å². The maximum Gasteiger partial charge on any atom is 0.230 e. The Balaban J connectivity index is 1.82. The minimum Gasteiger partial charge on any atom is -0.349 e. The van der Waals surface area contributed by atoms with Crippen molar-refractivity contribution in [2.75, 3.05) is 0 Å². The van der Waals surface area contributed by atoms with Crippen LogP contribution in [0.15, 0.2) is 36.6 Å². The van der Waals surface area contributed by atoms with Crippen LogP contribution in [-0.4, -0.2) is 31.7 Å². The fourth-order valence-electron chi connectivity index (χ4n) is 3.34. The van der Waals surface area contributed by atoms with Crippen molar-refractivity contribution in [2.24, 2.45) is 5.92 Å². The minimum atomic E-state index is -0.527. The van der Waals surface area contributed by atoms with Crippen LogP contribution in [0.4, 0.5) is 4.39 Å². The van der Waals surface area contributed by atoms with E-state index in [4.69, 9.17) is 0 Å². The van der Waals surface area contributed by atoms with Gasteiger partial charge in [0.1, 0.15) is 12.2 Å². The summed E-state index contributed by atoms with van der Waals surface area (Å²) >= 11 is 0. The van der Waals surface area contributed by atoms with Crippen LogP contribution in [0.25, 0.3) is 11.0 Å².